The Hall–Kier alpha value is -1.17. The summed E-state index contributed by atoms with van der Waals surface area (Å²) in [6, 6.07) is 7.71. The highest BCUT2D eigenvalue weighted by atomic mass is 35.5. The van der Waals surface area contributed by atoms with E-state index in [2.05, 4.69) is 10.3 Å². The second-order valence-electron chi connectivity index (χ2n) is 5.40. The SMILES string of the molecule is Nc1c(Cl)nc2ccccc2c1NCC1(O)CCSCC1. The number of hydrogen-bond acceptors (Lipinski definition) is 5. The molecule has 6 heteroatoms. The minimum Gasteiger partial charge on any atom is -0.395 e. The van der Waals surface area contributed by atoms with Gasteiger partial charge >= 0.3 is 0 Å². The zero-order valence-electron chi connectivity index (χ0n) is 11.6. The average molecular weight is 324 g/mol. The van der Waals surface area contributed by atoms with Crippen LogP contribution in [0.15, 0.2) is 24.3 Å². The van der Waals surface area contributed by atoms with Crippen LogP contribution in [0.4, 0.5) is 11.4 Å². The number of nitrogens with two attached hydrogens (primary N) is 1. The van der Waals surface area contributed by atoms with Crippen molar-refractivity contribution in [2.45, 2.75) is 18.4 Å². The van der Waals surface area contributed by atoms with E-state index in [1.54, 1.807) is 0 Å². The van der Waals surface area contributed by atoms with Gasteiger partial charge in [-0.1, -0.05) is 29.8 Å². The predicted molar refractivity (Wildman–Crippen MR) is 91.2 cm³/mol. The van der Waals surface area contributed by atoms with Crippen LogP contribution in [-0.4, -0.2) is 33.7 Å². The molecule has 3 rings (SSSR count). The molecule has 0 bridgehead atoms. The molecule has 0 radical (unpaired) electrons. The maximum atomic E-state index is 10.6. The van der Waals surface area contributed by atoms with Crippen LogP contribution in [0.1, 0.15) is 12.8 Å². The summed E-state index contributed by atoms with van der Waals surface area (Å²) in [5.74, 6) is 1.98. The van der Waals surface area contributed by atoms with E-state index < -0.39 is 5.60 Å². The highest BCUT2D eigenvalue weighted by Crippen LogP contribution is 2.34. The van der Waals surface area contributed by atoms with Crippen molar-refractivity contribution in [1.29, 1.82) is 0 Å². The standard InChI is InChI=1S/C15H18ClN3OS/c16-14-12(17)13(10-3-1-2-4-11(10)19-14)18-9-15(20)5-7-21-8-6-15/h1-4,20H,5-9,17H2,(H,18,19). The van der Waals surface area contributed by atoms with Gasteiger partial charge in [0.15, 0.2) is 5.15 Å². The van der Waals surface area contributed by atoms with Gasteiger partial charge in [0, 0.05) is 11.9 Å². The molecule has 0 saturated carbocycles. The third kappa shape index (κ3) is 3.05. The van der Waals surface area contributed by atoms with Crippen LogP contribution >= 0.6 is 23.4 Å². The molecule has 0 unspecified atom stereocenters. The van der Waals surface area contributed by atoms with Crippen molar-refractivity contribution < 1.29 is 5.11 Å². The lowest BCUT2D eigenvalue weighted by atomic mass is 9.96. The summed E-state index contributed by atoms with van der Waals surface area (Å²) in [4.78, 5) is 4.28. The Kier molecular flexibility index (Phi) is 4.15. The second kappa shape index (κ2) is 5.91. The normalized spacial score (nSPS) is 17.8. The number of aromatic nitrogens is 1. The molecule has 112 valence electrons. The Morgan fingerprint density at radius 1 is 1.33 bits per heavy atom. The van der Waals surface area contributed by atoms with Gasteiger partial charge in [-0.3, -0.25) is 0 Å². The number of hydrogen-bond donors (Lipinski definition) is 3. The Morgan fingerprint density at radius 3 is 2.81 bits per heavy atom. The number of nitrogens with one attached hydrogen (secondary N) is 1. The summed E-state index contributed by atoms with van der Waals surface area (Å²) in [7, 11) is 0. The van der Waals surface area contributed by atoms with E-state index in [1.807, 2.05) is 36.0 Å². The number of para-hydroxylation sites is 1. The highest BCUT2D eigenvalue weighted by Gasteiger charge is 2.29. The molecular formula is C15H18ClN3OS. The molecular weight excluding hydrogens is 306 g/mol. The Balaban J connectivity index is 1.91. The molecule has 1 fully saturated rings. The van der Waals surface area contributed by atoms with Crippen LogP contribution in [0.2, 0.25) is 5.15 Å². The molecule has 0 amide bonds. The zero-order valence-corrected chi connectivity index (χ0v) is 13.2. The number of halogens is 1. The lowest BCUT2D eigenvalue weighted by Gasteiger charge is -2.32. The molecule has 4 N–H and O–H groups in total. The minimum atomic E-state index is -0.672. The summed E-state index contributed by atoms with van der Waals surface area (Å²) in [5, 5.41) is 15.1. The first kappa shape index (κ1) is 14.8. The van der Waals surface area contributed by atoms with Crippen LogP contribution in [0.25, 0.3) is 10.9 Å². The Bertz CT molecular complexity index is 659. The molecule has 0 atom stereocenters. The van der Waals surface area contributed by atoms with Crippen LogP contribution in [0, 0.1) is 0 Å². The molecule has 1 aliphatic heterocycles. The third-order valence-corrected chi connectivity index (χ3v) is 5.18. The molecule has 0 aliphatic carbocycles. The molecule has 2 aromatic rings. The molecule has 0 spiro atoms. The molecule has 4 nitrogen and oxygen atoms in total. The Morgan fingerprint density at radius 2 is 2.05 bits per heavy atom. The highest BCUT2D eigenvalue weighted by molar-refractivity contribution is 7.99. The molecule has 2 heterocycles. The van der Waals surface area contributed by atoms with Gasteiger partial charge in [-0.15, -0.1) is 0 Å². The number of pyridine rings is 1. The number of nitrogen functional groups attached to an aromatic ring is 1. The summed E-state index contributed by atoms with van der Waals surface area (Å²) < 4.78 is 0. The van der Waals surface area contributed by atoms with Crippen molar-refractivity contribution in [2.24, 2.45) is 0 Å². The van der Waals surface area contributed by atoms with E-state index in [1.165, 1.54) is 0 Å². The van der Waals surface area contributed by atoms with Gasteiger partial charge in [0.1, 0.15) is 0 Å². The molecule has 1 saturated heterocycles. The van der Waals surface area contributed by atoms with Crippen molar-refractivity contribution in [1.82, 2.24) is 4.98 Å². The van der Waals surface area contributed by atoms with E-state index in [9.17, 15) is 5.11 Å². The number of thioether (sulfide) groups is 1. The smallest absolute Gasteiger partial charge is 0.154 e. The van der Waals surface area contributed by atoms with Crippen LogP contribution < -0.4 is 11.1 Å². The Labute approximate surface area is 133 Å². The van der Waals surface area contributed by atoms with E-state index >= 15 is 0 Å². The molecule has 1 aromatic heterocycles. The maximum absolute atomic E-state index is 10.6. The third-order valence-electron chi connectivity index (χ3n) is 3.90. The van der Waals surface area contributed by atoms with Crippen molar-refractivity contribution in [3.05, 3.63) is 29.4 Å². The fourth-order valence-corrected chi connectivity index (χ4v) is 4.01. The van der Waals surface area contributed by atoms with Crippen LogP contribution in [-0.2, 0) is 0 Å². The van der Waals surface area contributed by atoms with Gasteiger partial charge in [0.2, 0.25) is 0 Å². The van der Waals surface area contributed by atoms with Crippen molar-refractivity contribution in [3.8, 4) is 0 Å². The number of rotatable bonds is 3. The largest absolute Gasteiger partial charge is 0.395 e. The van der Waals surface area contributed by atoms with Crippen LogP contribution in [0.5, 0.6) is 0 Å². The lowest BCUT2D eigenvalue weighted by molar-refractivity contribution is 0.0454. The van der Waals surface area contributed by atoms with Crippen molar-refractivity contribution in [3.63, 3.8) is 0 Å². The lowest BCUT2D eigenvalue weighted by Crippen LogP contribution is -2.40. The van der Waals surface area contributed by atoms with Crippen molar-refractivity contribution >= 4 is 45.6 Å². The van der Waals surface area contributed by atoms with E-state index in [0.717, 1.165) is 40.9 Å². The molecule has 21 heavy (non-hydrogen) atoms. The molecule has 1 aliphatic rings. The number of anilines is 2. The predicted octanol–water partition coefficient (Wildman–Crippen LogP) is 3.14. The quantitative estimate of drug-likeness (QED) is 0.757. The number of fused-ring (bicyclic) bond motifs is 1. The summed E-state index contributed by atoms with van der Waals surface area (Å²) >= 11 is 7.99. The first-order valence-corrected chi connectivity index (χ1v) is 8.50. The van der Waals surface area contributed by atoms with Gasteiger partial charge in [0.25, 0.3) is 0 Å². The fraction of sp³-hybridized carbons (Fsp3) is 0.400. The van der Waals surface area contributed by atoms with Crippen LogP contribution in [0.3, 0.4) is 0 Å². The van der Waals surface area contributed by atoms with Gasteiger partial charge in [-0.2, -0.15) is 11.8 Å². The summed E-state index contributed by atoms with van der Waals surface area (Å²) in [6.07, 6.45) is 1.59. The van der Waals surface area contributed by atoms with Gasteiger partial charge in [-0.25, -0.2) is 4.98 Å². The topological polar surface area (TPSA) is 71.2 Å². The minimum absolute atomic E-state index is 0.294. The number of benzene rings is 1. The molecule has 1 aromatic carbocycles. The number of aliphatic hydroxyl groups is 1. The fourth-order valence-electron chi connectivity index (χ4n) is 2.57. The maximum Gasteiger partial charge on any atom is 0.154 e. The first-order valence-electron chi connectivity index (χ1n) is 6.97. The first-order chi connectivity index (χ1) is 10.1. The van der Waals surface area contributed by atoms with E-state index in [-0.39, 0.29) is 0 Å². The number of nitrogens with zero attached hydrogens (tertiary/aromatic N) is 1. The van der Waals surface area contributed by atoms with Crippen molar-refractivity contribution in [2.75, 3.05) is 29.1 Å². The summed E-state index contributed by atoms with van der Waals surface area (Å²) in [5.41, 5.74) is 7.39. The summed E-state index contributed by atoms with van der Waals surface area (Å²) in [6.45, 7) is 0.474. The zero-order chi connectivity index (χ0) is 14.9. The van der Waals surface area contributed by atoms with Gasteiger partial charge in [0.05, 0.1) is 22.5 Å². The second-order valence-corrected chi connectivity index (χ2v) is 6.98. The van der Waals surface area contributed by atoms with E-state index in [0.29, 0.717) is 17.4 Å². The van der Waals surface area contributed by atoms with E-state index in [4.69, 9.17) is 17.3 Å². The van der Waals surface area contributed by atoms with Gasteiger partial charge < -0.3 is 16.2 Å². The monoisotopic (exact) mass is 323 g/mol. The average Bonchev–Trinajstić information content (AvgIpc) is 2.48. The van der Waals surface area contributed by atoms with Gasteiger partial charge in [-0.05, 0) is 30.4 Å².